The van der Waals surface area contributed by atoms with Gasteiger partial charge in [0.25, 0.3) is 11.8 Å². The van der Waals surface area contributed by atoms with Crippen LogP contribution in [0.25, 0.3) is 0 Å². The van der Waals surface area contributed by atoms with Gasteiger partial charge in [0.05, 0.1) is 17.1 Å². The van der Waals surface area contributed by atoms with Crippen LogP contribution in [0, 0.1) is 6.92 Å². The van der Waals surface area contributed by atoms with Crippen molar-refractivity contribution in [1.82, 2.24) is 9.47 Å². The third-order valence-corrected chi connectivity index (χ3v) is 6.66. The Hall–Kier alpha value is -2.41. The number of likely N-dealkylation sites (tertiary alicyclic amines) is 1. The number of hydrogen-bond donors (Lipinski definition) is 0. The lowest BCUT2D eigenvalue weighted by Gasteiger charge is -2.18. The van der Waals surface area contributed by atoms with E-state index in [0.29, 0.717) is 27.5 Å². The highest BCUT2D eigenvalue weighted by atomic mass is 35.5. The molecule has 31 heavy (non-hydrogen) atoms. The van der Waals surface area contributed by atoms with E-state index in [1.165, 1.54) is 17.4 Å². The van der Waals surface area contributed by atoms with E-state index in [9.17, 15) is 9.59 Å². The second kappa shape index (κ2) is 9.39. The molecule has 8 heteroatoms. The molecule has 2 amide bonds. The van der Waals surface area contributed by atoms with Gasteiger partial charge < -0.3 is 9.47 Å². The van der Waals surface area contributed by atoms with Crippen molar-refractivity contribution in [1.29, 1.82) is 0 Å². The number of amides is 2. The quantitative estimate of drug-likeness (QED) is 0.523. The van der Waals surface area contributed by atoms with Gasteiger partial charge in [-0.15, -0.1) is 11.3 Å². The summed E-state index contributed by atoms with van der Waals surface area (Å²) in [5.74, 6) is -0.373. The van der Waals surface area contributed by atoms with Crippen LogP contribution in [-0.4, -0.2) is 34.4 Å². The van der Waals surface area contributed by atoms with Crippen molar-refractivity contribution in [2.75, 3.05) is 13.1 Å². The van der Waals surface area contributed by atoms with Gasteiger partial charge in [-0.2, -0.15) is 4.99 Å². The van der Waals surface area contributed by atoms with E-state index >= 15 is 0 Å². The first-order valence-electron chi connectivity index (χ1n) is 10.0. The molecule has 1 aliphatic rings. The minimum absolute atomic E-state index is 0.0585. The topological polar surface area (TPSA) is 54.7 Å². The molecular weight excluding hydrogens is 453 g/mol. The zero-order valence-electron chi connectivity index (χ0n) is 17.0. The second-order valence-electron chi connectivity index (χ2n) is 7.45. The van der Waals surface area contributed by atoms with Gasteiger partial charge in [0.15, 0.2) is 4.80 Å². The Balaban J connectivity index is 1.67. The summed E-state index contributed by atoms with van der Waals surface area (Å²) in [6.07, 6.45) is 4.03. The van der Waals surface area contributed by atoms with E-state index < -0.39 is 5.91 Å². The summed E-state index contributed by atoms with van der Waals surface area (Å²) >= 11 is 13.5. The molecule has 4 rings (SSSR count). The van der Waals surface area contributed by atoms with Crippen molar-refractivity contribution in [3.63, 3.8) is 0 Å². The predicted octanol–water partition coefficient (Wildman–Crippen LogP) is 5.19. The van der Waals surface area contributed by atoms with Crippen LogP contribution >= 0.6 is 34.5 Å². The fraction of sp³-hybridized carbons (Fsp3) is 0.261. The largest absolute Gasteiger partial charge is 0.339 e. The number of nitrogens with zero attached hydrogens (tertiary/aromatic N) is 3. The van der Waals surface area contributed by atoms with E-state index in [0.717, 1.165) is 36.4 Å². The fourth-order valence-corrected chi connectivity index (χ4v) is 4.98. The molecule has 0 unspecified atom stereocenters. The average molecular weight is 474 g/mol. The van der Waals surface area contributed by atoms with E-state index in [1.54, 1.807) is 12.1 Å². The molecule has 0 N–H and O–H groups in total. The number of aromatic nitrogens is 1. The van der Waals surface area contributed by atoms with Crippen LogP contribution in [0.5, 0.6) is 0 Å². The first-order chi connectivity index (χ1) is 14.9. The van der Waals surface area contributed by atoms with Crippen LogP contribution in [0.3, 0.4) is 0 Å². The number of hydrogen-bond acceptors (Lipinski definition) is 3. The van der Waals surface area contributed by atoms with Crippen LogP contribution in [0.2, 0.25) is 10.0 Å². The van der Waals surface area contributed by atoms with Crippen molar-refractivity contribution >= 4 is 46.4 Å². The Bertz CT molecular complexity index is 1210. The van der Waals surface area contributed by atoms with Crippen molar-refractivity contribution in [2.24, 2.45) is 4.99 Å². The number of carbonyl (C=O) groups excluding carboxylic acids is 2. The Morgan fingerprint density at radius 3 is 2.55 bits per heavy atom. The predicted molar refractivity (Wildman–Crippen MR) is 124 cm³/mol. The van der Waals surface area contributed by atoms with Gasteiger partial charge in [0.2, 0.25) is 0 Å². The first-order valence-corrected chi connectivity index (χ1v) is 11.6. The zero-order valence-corrected chi connectivity index (χ0v) is 19.3. The average Bonchev–Trinajstić information content (AvgIpc) is 3.38. The molecule has 2 heterocycles. The molecular formula is C23H21Cl2N3O2S. The number of thiazole rings is 1. The Kier molecular flexibility index (Phi) is 6.60. The Morgan fingerprint density at radius 2 is 1.81 bits per heavy atom. The van der Waals surface area contributed by atoms with Gasteiger partial charge in [-0.05, 0) is 49.6 Å². The van der Waals surface area contributed by atoms with Crippen LogP contribution in [0.15, 0.2) is 53.7 Å². The van der Waals surface area contributed by atoms with Crippen molar-refractivity contribution in [3.05, 3.63) is 85.1 Å². The summed E-state index contributed by atoms with van der Waals surface area (Å²) in [7, 11) is 0. The van der Waals surface area contributed by atoms with Gasteiger partial charge in [-0.25, -0.2) is 0 Å². The van der Waals surface area contributed by atoms with Gasteiger partial charge >= 0.3 is 0 Å². The molecule has 0 bridgehead atoms. The summed E-state index contributed by atoms with van der Waals surface area (Å²) < 4.78 is 1.90. The Morgan fingerprint density at radius 1 is 1.06 bits per heavy atom. The highest BCUT2D eigenvalue weighted by Gasteiger charge is 2.22. The molecule has 2 aromatic carbocycles. The van der Waals surface area contributed by atoms with E-state index in [2.05, 4.69) is 4.99 Å². The summed E-state index contributed by atoms with van der Waals surface area (Å²) in [6.45, 7) is 4.01. The monoisotopic (exact) mass is 473 g/mol. The molecule has 160 valence electrons. The molecule has 0 aliphatic carbocycles. The molecule has 1 aliphatic heterocycles. The second-order valence-corrected chi connectivity index (χ2v) is 9.51. The van der Waals surface area contributed by atoms with Gasteiger partial charge in [0.1, 0.15) is 0 Å². The SMILES string of the molecule is Cc1cn(Cc2ccccc2C(=O)N2CCCC2)c(=NC(=O)c2ccc(Cl)cc2Cl)s1. The molecule has 1 fully saturated rings. The maximum atomic E-state index is 13.0. The molecule has 0 radical (unpaired) electrons. The highest BCUT2D eigenvalue weighted by Crippen LogP contribution is 2.22. The fourth-order valence-electron chi connectivity index (χ4n) is 3.65. The van der Waals surface area contributed by atoms with Crippen LogP contribution < -0.4 is 4.80 Å². The molecule has 0 atom stereocenters. The third-order valence-electron chi connectivity index (χ3n) is 5.18. The van der Waals surface area contributed by atoms with E-state index in [1.807, 2.05) is 46.9 Å². The van der Waals surface area contributed by atoms with Gasteiger partial charge in [0, 0.05) is 34.7 Å². The van der Waals surface area contributed by atoms with Crippen molar-refractivity contribution in [3.8, 4) is 0 Å². The number of rotatable bonds is 4. The van der Waals surface area contributed by atoms with Crippen molar-refractivity contribution in [2.45, 2.75) is 26.3 Å². The lowest BCUT2D eigenvalue weighted by atomic mass is 10.1. The zero-order chi connectivity index (χ0) is 22.0. The highest BCUT2D eigenvalue weighted by molar-refractivity contribution is 7.09. The van der Waals surface area contributed by atoms with Crippen molar-refractivity contribution < 1.29 is 9.59 Å². The molecule has 0 spiro atoms. The number of halogens is 2. The molecule has 1 saturated heterocycles. The molecule has 0 saturated carbocycles. The maximum Gasteiger partial charge on any atom is 0.281 e. The lowest BCUT2D eigenvalue weighted by Crippen LogP contribution is -2.29. The van der Waals surface area contributed by atoms with Gasteiger partial charge in [-0.1, -0.05) is 41.4 Å². The summed E-state index contributed by atoms with van der Waals surface area (Å²) in [4.78, 5) is 33.5. The van der Waals surface area contributed by atoms with E-state index in [-0.39, 0.29) is 10.9 Å². The standard InChI is InChI=1S/C23H21Cl2N3O2S/c1-15-13-28(23(31-15)26-21(29)19-9-8-17(24)12-20(19)25)14-16-6-2-3-7-18(16)22(30)27-10-4-5-11-27/h2-3,6-9,12-13H,4-5,10-11,14H2,1H3. The van der Waals surface area contributed by atoms with Crippen LogP contribution in [0.4, 0.5) is 0 Å². The number of benzene rings is 2. The molecule has 3 aromatic rings. The Labute approximate surface area is 194 Å². The van der Waals surface area contributed by atoms with Crippen LogP contribution in [0.1, 0.15) is 44.0 Å². The first kappa shape index (κ1) is 21.8. The molecule has 1 aromatic heterocycles. The third kappa shape index (κ3) is 4.92. The lowest BCUT2D eigenvalue weighted by molar-refractivity contribution is 0.0791. The maximum absolute atomic E-state index is 13.0. The number of aryl methyl sites for hydroxylation is 1. The minimum Gasteiger partial charge on any atom is -0.339 e. The molecule has 5 nitrogen and oxygen atoms in total. The summed E-state index contributed by atoms with van der Waals surface area (Å²) in [6, 6.07) is 12.3. The van der Waals surface area contributed by atoms with E-state index in [4.69, 9.17) is 23.2 Å². The summed E-state index contributed by atoms with van der Waals surface area (Å²) in [5, 5.41) is 0.727. The number of carbonyl (C=O) groups is 2. The summed E-state index contributed by atoms with van der Waals surface area (Å²) in [5.41, 5.74) is 1.89. The van der Waals surface area contributed by atoms with Gasteiger partial charge in [-0.3, -0.25) is 9.59 Å². The normalized spacial score (nSPS) is 14.3. The minimum atomic E-state index is -0.432. The van der Waals surface area contributed by atoms with Crippen LogP contribution in [-0.2, 0) is 6.54 Å². The smallest absolute Gasteiger partial charge is 0.281 e.